The Morgan fingerprint density at radius 2 is 1.63 bits per heavy atom. The van der Waals surface area contributed by atoms with Crippen molar-refractivity contribution in [1.29, 1.82) is 0 Å². The van der Waals surface area contributed by atoms with Crippen LogP contribution in [-0.2, 0) is 0 Å². The van der Waals surface area contributed by atoms with E-state index in [4.69, 9.17) is 40.5 Å². The summed E-state index contributed by atoms with van der Waals surface area (Å²) in [5.74, 6) is -0.442. The van der Waals surface area contributed by atoms with Crippen molar-refractivity contribution in [1.82, 2.24) is 0 Å². The van der Waals surface area contributed by atoms with Crippen molar-refractivity contribution in [2.45, 2.75) is 0 Å². The molecule has 1 amide bonds. The summed E-state index contributed by atoms with van der Waals surface area (Å²) in [5, 5.41) is 3.55. The second-order valence-electron chi connectivity index (χ2n) is 3.79. The summed E-state index contributed by atoms with van der Waals surface area (Å²) in [6.45, 7) is 0. The summed E-state index contributed by atoms with van der Waals surface area (Å²) in [6, 6.07) is 9.63. The van der Waals surface area contributed by atoms with Crippen LogP contribution >= 0.6 is 34.8 Å². The van der Waals surface area contributed by atoms with E-state index in [2.05, 4.69) is 5.32 Å². The molecule has 0 unspecified atom stereocenters. The number of halogens is 3. The average Bonchev–Trinajstić information content (AvgIpc) is 2.33. The van der Waals surface area contributed by atoms with Crippen LogP contribution in [0.3, 0.4) is 0 Å². The van der Waals surface area contributed by atoms with Gasteiger partial charge in [0, 0.05) is 5.69 Å². The van der Waals surface area contributed by atoms with Gasteiger partial charge in [0.2, 0.25) is 0 Å². The van der Waals surface area contributed by atoms with Crippen molar-refractivity contribution in [3.63, 3.8) is 0 Å². The van der Waals surface area contributed by atoms with E-state index < -0.39 is 5.91 Å². The Morgan fingerprint density at radius 3 is 2.26 bits per heavy atom. The highest BCUT2D eigenvalue weighted by atomic mass is 35.5. The Hall–Kier alpha value is -1.42. The third kappa shape index (κ3) is 3.13. The molecule has 0 aliphatic rings. The Morgan fingerprint density at radius 1 is 1.00 bits per heavy atom. The zero-order chi connectivity index (χ0) is 14.0. The lowest BCUT2D eigenvalue weighted by Gasteiger charge is -2.10. The zero-order valence-electron chi connectivity index (χ0n) is 9.58. The van der Waals surface area contributed by atoms with E-state index in [0.717, 1.165) is 0 Å². The molecule has 98 valence electrons. The smallest absolute Gasteiger partial charge is 0.258 e. The monoisotopic (exact) mass is 314 g/mol. The molecule has 19 heavy (non-hydrogen) atoms. The molecule has 0 heterocycles. The number of carbonyl (C=O) groups excluding carboxylic acids is 1. The lowest BCUT2D eigenvalue weighted by Crippen LogP contribution is -2.13. The van der Waals surface area contributed by atoms with E-state index in [-0.39, 0.29) is 15.6 Å². The van der Waals surface area contributed by atoms with Gasteiger partial charge in [-0.15, -0.1) is 0 Å². The number of hydrogen-bond donors (Lipinski definition) is 2. The van der Waals surface area contributed by atoms with E-state index in [1.165, 1.54) is 0 Å². The molecule has 0 radical (unpaired) electrons. The van der Waals surface area contributed by atoms with Crippen LogP contribution in [0.25, 0.3) is 0 Å². The first kappa shape index (κ1) is 14.0. The first-order valence-electron chi connectivity index (χ1n) is 5.29. The molecule has 0 aliphatic carbocycles. The van der Waals surface area contributed by atoms with Crippen LogP contribution in [0.2, 0.25) is 15.1 Å². The molecule has 0 saturated heterocycles. The van der Waals surface area contributed by atoms with Gasteiger partial charge in [-0.05, 0) is 30.3 Å². The number of rotatable bonds is 2. The maximum atomic E-state index is 12.1. The van der Waals surface area contributed by atoms with E-state index in [0.29, 0.717) is 16.4 Å². The molecule has 0 aliphatic heterocycles. The predicted octanol–water partition coefficient (Wildman–Crippen LogP) is 4.48. The Kier molecular flexibility index (Phi) is 4.20. The normalized spacial score (nSPS) is 10.3. The number of benzene rings is 2. The van der Waals surface area contributed by atoms with E-state index in [1.807, 2.05) is 0 Å². The maximum absolute atomic E-state index is 12.1. The molecule has 0 aromatic heterocycles. The molecule has 3 N–H and O–H groups in total. The van der Waals surface area contributed by atoms with Gasteiger partial charge < -0.3 is 11.1 Å². The molecule has 2 rings (SSSR count). The topological polar surface area (TPSA) is 55.1 Å². The predicted molar refractivity (Wildman–Crippen MR) is 80.3 cm³/mol. The van der Waals surface area contributed by atoms with E-state index in [1.54, 1.807) is 36.4 Å². The number of nitrogens with one attached hydrogen (secondary N) is 1. The van der Waals surface area contributed by atoms with Gasteiger partial charge in [0.1, 0.15) is 0 Å². The van der Waals surface area contributed by atoms with Crippen LogP contribution < -0.4 is 11.1 Å². The molecule has 0 spiro atoms. The lowest BCUT2D eigenvalue weighted by molar-refractivity contribution is 0.102. The highest BCUT2D eigenvalue weighted by Crippen LogP contribution is 2.28. The molecule has 2 aromatic carbocycles. The van der Waals surface area contributed by atoms with Gasteiger partial charge in [-0.25, -0.2) is 0 Å². The van der Waals surface area contributed by atoms with Crippen molar-refractivity contribution in [2.75, 3.05) is 11.1 Å². The average molecular weight is 316 g/mol. The fourth-order valence-corrected chi connectivity index (χ4v) is 2.27. The second kappa shape index (κ2) is 5.70. The lowest BCUT2D eigenvalue weighted by atomic mass is 10.2. The second-order valence-corrected chi connectivity index (χ2v) is 5.01. The van der Waals surface area contributed by atoms with Gasteiger partial charge in [0.25, 0.3) is 5.91 Å². The van der Waals surface area contributed by atoms with Crippen LogP contribution in [-0.4, -0.2) is 5.91 Å². The molecule has 0 saturated carbocycles. The third-order valence-corrected chi connectivity index (χ3v) is 3.39. The summed E-state index contributed by atoms with van der Waals surface area (Å²) >= 11 is 17.9. The number of nitrogen functional groups attached to an aromatic ring is 1. The van der Waals surface area contributed by atoms with Gasteiger partial charge in [-0.2, -0.15) is 0 Å². The molecule has 0 fully saturated rings. The van der Waals surface area contributed by atoms with Crippen molar-refractivity contribution in [3.05, 3.63) is 57.0 Å². The van der Waals surface area contributed by atoms with Gasteiger partial charge in [-0.1, -0.05) is 40.9 Å². The highest BCUT2D eigenvalue weighted by molar-refractivity contribution is 6.40. The fraction of sp³-hybridized carbons (Fsp3) is 0. The van der Waals surface area contributed by atoms with Gasteiger partial charge in [0.15, 0.2) is 0 Å². The van der Waals surface area contributed by atoms with Crippen LogP contribution in [0.15, 0.2) is 36.4 Å². The third-order valence-electron chi connectivity index (χ3n) is 2.43. The Bertz CT molecular complexity index is 624. The molecular formula is C13H9Cl3N2O. The molecule has 0 bridgehead atoms. The van der Waals surface area contributed by atoms with Gasteiger partial charge in [0.05, 0.1) is 26.3 Å². The molecule has 3 nitrogen and oxygen atoms in total. The number of anilines is 2. The summed E-state index contributed by atoms with van der Waals surface area (Å²) in [4.78, 5) is 12.1. The minimum absolute atomic E-state index is 0.198. The van der Waals surface area contributed by atoms with E-state index in [9.17, 15) is 4.79 Å². The van der Waals surface area contributed by atoms with Crippen LogP contribution in [0.4, 0.5) is 11.4 Å². The summed E-state index contributed by atoms with van der Waals surface area (Å²) in [6.07, 6.45) is 0. The number of nitrogens with two attached hydrogens (primary N) is 1. The molecule has 2 aromatic rings. The van der Waals surface area contributed by atoms with Crippen molar-refractivity contribution >= 4 is 52.1 Å². The maximum Gasteiger partial charge on any atom is 0.258 e. The quantitative estimate of drug-likeness (QED) is 0.803. The summed E-state index contributed by atoms with van der Waals surface area (Å²) in [7, 11) is 0. The van der Waals surface area contributed by atoms with Crippen molar-refractivity contribution < 1.29 is 4.79 Å². The SMILES string of the molecule is Nc1ccc(Cl)c(NC(=O)c2c(Cl)cccc2Cl)c1. The molecule has 6 heteroatoms. The van der Waals surface area contributed by atoms with Crippen molar-refractivity contribution in [2.24, 2.45) is 0 Å². The zero-order valence-corrected chi connectivity index (χ0v) is 11.9. The van der Waals surface area contributed by atoms with Gasteiger partial charge in [-0.3, -0.25) is 4.79 Å². The first-order chi connectivity index (χ1) is 8.99. The largest absolute Gasteiger partial charge is 0.399 e. The van der Waals surface area contributed by atoms with E-state index >= 15 is 0 Å². The number of hydrogen-bond acceptors (Lipinski definition) is 2. The van der Waals surface area contributed by atoms with Gasteiger partial charge >= 0.3 is 0 Å². The Labute approximate surface area is 125 Å². The molecule has 0 atom stereocenters. The van der Waals surface area contributed by atoms with Crippen LogP contribution in [0, 0.1) is 0 Å². The molecular weight excluding hydrogens is 307 g/mol. The van der Waals surface area contributed by atoms with Crippen LogP contribution in [0.5, 0.6) is 0 Å². The summed E-state index contributed by atoms with van der Waals surface area (Å²) < 4.78 is 0. The minimum Gasteiger partial charge on any atom is -0.399 e. The Balaban J connectivity index is 2.34. The van der Waals surface area contributed by atoms with Crippen molar-refractivity contribution in [3.8, 4) is 0 Å². The number of carbonyl (C=O) groups is 1. The minimum atomic E-state index is -0.442. The number of amides is 1. The standard InChI is InChI=1S/C13H9Cl3N2O/c14-8-5-4-7(17)6-11(8)18-13(19)12-9(15)2-1-3-10(12)16/h1-6H,17H2,(H,18,19). The first-order valence-corrected chi connectivity index (χ1v) is 6.43. The fourth-order valence-electron chi connectivity index (χ4n) is 1.54. The highest BCUT2D eigenvalue weighted by Gasteiger charge is 2.15. The summed E-state index contributed by atoms with van der Waals surface area (Å²) in [5.41, 5.74) is 6.73. The van der Waals surface area contributed by atoms with Crippen LogP contribution in [0.1, 0.15) is 10.4 Å².